The first kappa shape index (κ1) is 12.3. The average molecular weight is 240 g/mol. The minimum Gasteiger partial charge on any atom is -0.359 e. The van der Waals surface area contributed by atoms with Crippen LogP contribution in [0.2, 0.25) is 0 Å². The summed E-state index contributed by atoms with van der Waals surface area (Å²) in [6.07, 6.45) is 8.53. The number of hydrogen-bond acceptors (Lipinski definition) is 2. The zero-order chi connectivity index (χ0) is 11.4. The lowest BCUT2D eigenvalue weighted by Crippen LogP contribution is -2.36. The standard InChI is InChI=1S/C13H24N2S/c1-13(2)10-16-12(15-13)14-9-8-11-6-4-3-5-7-11/h11H,3-10H2,1-2H3,(H,14,15). The van der Waals surface area contributed by atoms with Crippen LogP contribution in [0, 0.1) is 5.92 Å². The molecule has 16 heavy (non-hydrogen) atoms. The van der Waals surface area contributed by atoms with E-state index in [1.54, 1.807) is 0 Å². The minimum absolute atomic E-state index is 0.244. The second kappa shape index (κ2) is 5.44. The molecule has 2 nitrogen and oxygen atoms in total. The van der Waals surface area contributed by atoms with Crippen molar-refractivity contribution >= 4 is 16.9 Å². The van der Waals surface area contributed by atoms with Crippen LogP contribution in [0.15, 0.2) is 4.99 Å². The van der Waals surface area contributed by atoms with E-state index in [0.717, 1.165) is 18.2 Å². The molecule has 0 aromatic heterocycles. The largest absolute Gasteiger partial charge is 0.359 e. The Morgan fingerprint density at radius 3 is 2.69 bits per heavy atom. The van der Waals surface area contributed by atoms with Gasteiger partial charge in [-0.3, -0.25) is 4.99 Å². The Labute approximate surface area is 104 Å². The smallest absolute Gasteiger partial charge is 0.157 e. The number of rotatable bonds is 3. The van der Waals surface area contributed by atoms with Gasteiger partial charge in [0.15, 0.2) is 5.17 Å². The Hall–Kier alpha value is -0.180. The van der Waals surface area contributed by atoms with E-state index in [2.05, 4.69) is 24.2 Å². The molecule has 1 aliphatic carbocycles. The molecule has 2 rings (SSSR count). The van der Waals surface area contributed by atoms with Gasteiger partial charge in [0.1, 0.15) is 0 Å². The molecule has 92 valence electrons. The van der Waals surface area contributed by atoms with Crippen LogP contribution in [0.3, 0.4) is 0 Å². The Morgan fingerprint density at radius 1 is 1.31 bits per heavy atom. The highest BCUT2D eigenvalue weighted by Crippen LogP contribution is 2.27. The normalized spacial score (nSPS) is 28.2. The van der Waals surface area contributed by atoms with E-state index < -0.39 is 0 Å². The van der Waals surface area contributed by atoms with Crippen molar-refractivity contribution in [2.24, 2.45) is 10.9 Å². The van der Waals surface area contributed by atoms with E-state index >= 15 is 0 Å². The van der Waals surface area contributed by atoms with Crippen molar-refractivity contribution in [3.8, 4) is 0 Å². The van der Waals surface area contributed by atoms with Crippen LogP contribution in [0.5, 0.6) is 0 Å². The molecule has 0 aromatic rings. The molecule has 1 N–H and O–H groups in total. The van der Waals surface area contributed by atoms with Crippen molar-refractivity contribution in [1.82, 2.24) is 5.32 Å². The third kappa shape index (κ3) is 3.69. The maximum atomic E-state index is 4.68. The van der Waals surface area contributed by atoms with Crippen LogP contribution in [0.25, 0.3) is 0 Å². The van der Waals surface area contributed by atoms with Gasteiger partial charge < -0.3 is 5.32 Å². The quantitative estimate of drug-likeness (QED) is 0.817. The van der Waals surface area contributed by atoms with Gasteiger partial charge in [-0.05, 0) is 26.2 Å². The van der Waals surface area contributed by atoms with Crippen molar-refractivity contribution in [1.29, 1.82) is 0 Å². The number of nitrogens with one attached hydrogen (secondary N) is 1. The van der Waals surface area contributed by atoms with Crippen molar-refractivity contribution in [2.45, 2.75) is 57.9 Å². The molecule has 0 spiro atoms. The van der Waals surface area contributed by atoms with Crippen LogP contribution in [0.4, 0.5) is 0 Å². The van der Waals surface area contributed by atoms with Crippen LogP contribution in [0.1, 0.15) is 52.4 Å². The van der Waals surface area contributed by atoms with E-state index in [9.17, 15) is 0 Å². The Balaban J connectivity index is 1.69. The summed E-state index contributed by atoms with van der Waals surface area (Å²) in [5.41, 5.74) is 0.244. The number of aliphatic imine (C=N–C) groups is 1. The van der Waals surface area contributed by atoms with Crippen LogP contribution in [-0.2, 0) is 0 Å². The lowest BCUT2D eigenvalue weighted by molar-refractivity contribution is 0.343. The van der Waals surface area contributed by atoms with Gasteiger partial charge >= 0.3 is 0 Å². The zero-order valence-electron chi connectivity index (χ0n) is 10.6. The highest BCUT2D eigenvalue weighted by molar-refractivity contribution is 8.14. The third-order valence-corrected chi connectivity index (χ3v) is 4.90. The van der Waals surface area contributed by atoms with Crippen molar-refractivity contribution in [3.63, 3.8) is 0 Å². The number of hydrogen-bond donors (Lipinski definition) is 1. The number of amidine groups is 1. The summed E-state index contributed by atoms with van der Waals surface area (Å²) < 4.78 is 0. The van der Waals surface area contributed by atoms with E-state index in [1.807, 2.05) is 11.8 Å². The molecule has 0 radical (unpaired) electrons. The minimum atomic E-state index is 0.244. The Kier molecular flexibility index (Phi) is 4.17. The molecule has 1 saturated carbocycles. The lowest BCUT2D eigenvalue weighted by Gasteiger charge is -2.20. The van der Waals surface area contributed by atoms with Gasteiger partial charge in [0.2, 0.25) is 0 Å². The fraction of sp³-hybridized carbons (Fsp3) is 0.923. The molecule has 1 saturated heterocycles. The summed E-state index contributed by atoms with van der Waals surface area (Å²) >= 11 is 1.87. The summed E-state index contributed by atoms with van der Waals surface area (Å²) in [5.74, 6) is 2.10. The van der Waals surface area contributed by atoms with Gasteiger partial charge in [-0.2, -0.15) is 0 Å². The van der Waals surface area contributed by atoms with E-state index in [4.69, 9.17) is 0 Å². The molecule has 0 unspecified atom stereocenters. The first-order valence-electron chi connectivity index (χ1n) is 6.61. The number of thioether (sulfide) groups is 1. The van der Waals surface area contributed by atoms with Crippen LogP contribution < -0.4 is 5.32 Å². The second-order valence-electron chi connectivity index (χ2n) is 5.78. The van der Waals surface area contributed by atoms with Gasteiger partial charge in [0.05, 0.1) is 0 Å². The highest BCUT2D eigenvalue weighted by Gasteiger charge is 2.27. The molecular weight excluding hydrogens is 216 g/mol. The summed E-state index contributed by atoms with van der Waals surface area (Å²) in [6.45, 7) is 5.50. The Bertz CT molecular complexity index is 255. The lowest BCUT2D eigenvalue weighted by atomic mass is 9.87. The first-order valence-corrected chi connectivity index (χ1v) is 7.60. The summed E-state index contributed by atoms with van der Waals surface area (Å²) in [7, 11) is 0. The third-order valence-electron chi connectivity index (χ3n) is 3.53. The maximum absolute atomic E-state index is 4.68. The first-order chi connectivity index (χ1) is 7.66. The van der Waals surface area contributed by atoms with Gasteiger partial charge in [0, 0.05) is 17.8 Å². The molecule has 2 aliphatic rings. The summed E-state index contributed by atoms with van der Waals surface area (Å²) in [4.78, 5) is 4.68. The molecule has 2 fully saturated rings. The van der Waals surface area contributed by atoms with E-state index in [-0.39, 0.29) is 5.54 Å². The predicted molar refractivity (Wildman–Crippen MR) is 73.2 cm³/mol. The molecule has 0 amide bonds. The molecule has 1 aliphatic heterocycles. The Morgan fingerprint density at radius 2 is 2.06 bits per heavy atom. The molecular formula is C13H24N2S. The average Bonchev–Trinajstić information content (AvgIpc) is 2.60. The summed E-state index contributed by atoms with van der Waals surface area (Å²) in [5, 5.41) is 4.65. The molecule has 0 aromatic carbocycles. The zero-order valence-corrected chi connectivity index (χ0v) is 11.4. The van der Waals surface area contributed by atoms with Crippen molar-refractivity contribution in [3.05, 3.63) is 0 Å². The molecule has 3 heteroatoms. The van der Waals surface area contributed by atoms with Crippen molar-refractivity contribution in [2.75, 3.05) is 12.3 Å². The fourth-order valence-corrected chi connectivity index (χ4v) is 3.62. The molecule has 0 atom stereocenters. The van der Waals surface area contributed by atoms with Gasteiger partial charge in [0.25, 0.3) is 0 Å². The van der Waals surface area contributed by atoms with Crippen LogP contribution in [-0.4, -0.2) is 23.0 Å². The highest BCUT2D eigenvalue weighted by atomic mass is 32.2. The SMILES string of the molecule is CC1(C)CSC(=NCCC2CCCCC2)N1. The molecule has 1 heterocycles. The van der Waals surface area contributed by atoms with Crippen LogP contribution >= 0.6 is 11.8 Å². The van der Waals surface area contributed by atoms with E-state index in [1.165, 1.54) is 43.7 Å². The molecule has 0 bridgehead atoms. The van der Waals surface area contributed by atoms with E-state index in [0.29, 0.717) is 0 Å². The second-order valence-corrected chi connectivity index (χ2v) is 6.74. The predicted octanol–water partition coefficient (Wildman–Crippen LogP) is 3.43. The van der Waals surface area contributed by atoms with Gasteiger partial charge in [-0.1, -0.05) is 43.9 Å². The monoisotopic (exact) mass is 240 g/mol. The van der Waals surface area contributed by atoms with Crippen molar-refractivity contribution < 1.29 is 0 Å². The maximum Gasteiger partial charge on any atom is 0.157 e. The topological polar surface area (TPSA) is 24.4 Å². The van der Waals surface area contributed by atoms with Gasteiger partial charge in [-0.15, -0.1) is 0 Å². The summed E-state index contributed by atoms with van der Waals surface area (Å²) in [6, 6.07) is 0. The fourth-order valence-electron chi connectivity index (χ4n) is 2.52. The number of nitrogens with zero attached hydrogens (tertiary/aromatic N) is 1. The van der Waals surface area contributed by atoms with Gasteiger partial charge in [-0.25, -0.2) is 0 Å².